The summed E-state index contributed by atoms with van der Waals surface area (Å²) in [7, 11) is 1.67. The third-order valence-electron chi connectivity index (χ3n) is 3.06. The highest BCUT2D eigenvalue weighted by Gasteiger charge is 2.23. The van der Waals surface area contributed by atoms with E-state index in [1.54, 1.807) is 7.11 Å². The van der Waals surface area contributed by atoms with Crippen LogP contribution in [0.3, 0.4) is 0 Å². The molecule has 0 spiro atoms. The molecule has 0 aliphatic carbocycles. The molecule has 1 aliphatic rings. The first kappa shape index (κ1) is 10.4. The van der Waals surface area contributed by atoms with Crippen molar-refractivity contribution < 1.29 is 9.26 Å². The third-order valence-corrected chi connectivity index (χ3v) is 3.06. The number of methoxy groups -OCH3 is 1. The SMILES string of the molecule is COc1ccc(C)cc1-c1onc2c1CNC2. The van der Waals surface area contributed by atoms with Gasteiger partial charge in [-0.25, -0.2) is 0 Å². The smallest absolute Gasteiger partial charge is 0.175 e. The van der Waals surface area contributed by atoms with Crippen LogP contribution in [-0.2, 0) is 13.1 Å². The van der Waals surface area contributed by atoms with Gasteiger partial charge < -0.3 is 14.6 Å². The van der Waals surface area contributed by atoms with E-state index in [2.05, 4.69) is 23.5 Å². The summed E-state index contributed by atoms with van der Waals surface area (Å²) in [6.07, 6.45) is 0. The minimum atomic E-state index is 0.785. The Kier molecular flexibility index (Phi) is 2.37. The van der Waals surface area contributed by atoms with Crippen LogP contribution < -0.4 is 10.1 Å². The molecular formula is C13H14N2O2. The molecule has 1 N–H and O–H groups in total. The Bertz CT molecular complexity index is 561. The average Bonchev–Trinajstić information content (AvgIpc) is 2.90. The van der Waals surface area contributed by atoms with E-state index in [9.17, 15) is 0 Å². The molecule has 3 rings (SSSR count). The van der Waals surface area contributed by atoms with Crippen molar-refractivity contribution in [3.05, 3.63) is 35.0 Å². The summed E-state index contributed by atoms with van der Waals surface area (Å²) in [6, 6.07) is 6.05. The molecule has 1 aromatic carbocycles. The van der Waals surface area contributed by atoms with Crippen LogP contribution >= 0.6 is 0 Å². The van der Waals surface area contributed by atoms with Gasteiger partial charge >= 0.3 is 0 Å². The van der Waals surface area contributed by atoms with E-state index >= 15 is 0 Å². The monoisotopic (exact) mass is 230 g/mol. The van der Waals surface area contributed by atoms with Gasteiger partial charge in [0.25, 0.3) is 0 Å². The van der Waals surface area contributed by atoms with Gasteiger partial charge in [-0.1, -0.05) is 16.8 Å². The van der Waals surface area contributed by atoms with Crippen LogP contribution in [0.1, 0.15) is 16.8 Å². The van der Waals surface area contributed by atoms with Crippen molar-refractivity contribution in [3.8, 4) is 17.1 Å². The predicted octanol–water partition coefficient (Wildman–Crippen LogP) is 2.26. The van der Waals surface area contributed by atoms with E-state index in [-0.39, 0.29) is 0 Å². The lowest BCUT2D eigenvalue weighted by molar-refractivity contribution is 0.401. The van der Waals surface area contributed by atoms with E-state index in [0.29, 0.717) is 0 Å². The van der Waals surface area contributed by atoms with Crippen LogP contribution in [0.25, 0.3) is 11.3 Å². The summed E-state index contributed by atoms with van der Waals surface area (Å²) in [6.45, 7) is 3.65. The first-order chi connectivity index (χ1) is 8.29. The Balaban J connectivity index is 2.17. The highest BCUT2D eigenvalue weighted by molar-refractivity contribution is 5.70. The van der Waals surface area contributed by atoms with E-state index in [1.165, 1.54) is 5.56 Å². The first-order valence-corrected chi connectivity index (χ1v) is 5.62. The molecule has 0 amide bonds. The number of aromatic nitrogens is 1. The zero-order valence-corrected chi connectivity index (χ0v) is 9.91. The molecule has 1 aliphatic heterocycles. The Labute approximate surface area is 99.6 Å². The van der Waals surface area contributed by atoms with Gasteiger partial charge in [0.15, 0.2) is 5.76 Å². The zero-order chi connectivity index (χ0) is 11.8. The number of nitrogens with zero attached hydrogens (tertiary/aromatic N) is 1. The van der Waals surface area contributed by atoms with Crippen molar-refractivity contribution in [3.63, 3.8) is 0 Å². The summed E-state index contributed by atoms with van der Waals surface area (Å²) in [5.41, 5.74) is 4.30. The van der Waals surface area contributed by atoms with Crippen molar-refractivity contribution in [1.29, 1.82) is 0 Å². The lowest BCUT2D eigenvalue weighted by Gasteiger charge is -2.07. The van der Waals surface area contributed by atoms with Gasteiger partial charge in [-0.2, -0.15) is 0 Å². The van der Waals surface area contributed by atoms with Gasteiger partial charge in [0.05, 0.1) is 12.7 Å². The fourth-order valence-corrected chi connectivity index (χ4v) is 2.18. The van der Waals surface area contributed by atoms with E-state index < -0.39 is 0 Å². The zero-order valence-electron chi connectivity index (χ0n) is 9.91. The van der Waals surface area contributed by atoms with Gasteiger partial charge in [-0.15, -0.1) is 0 Å². The maximum atomic E-state index is 5.45. The number of aryl methyl sites for hydroxylation is 1. The molecule has 0 radical (unpaired) electrons. The second-order valence-electron chi connectivity index (χ2n) is 4.24. The number of hydrogen-bond donors (Lipinski definition) is 1. The molecule has 0 bridgehead atoms. The van der Waals surface area contributed by atoms with Crippen LogP contribution in [0, 0.1) is 6.92 Å². The van der Waals surface area contributed by atoms with Gasteiger partial charge in [-0.05, 0) is 19.1 Å². The topological polar surface area (TPSA) is 47.3 Å². The Hall–Kier alpha value is -1.81. The minimum absolute atomic E-state index is 0.785. The summed E-state index contributed by atoms with van der Waals surface area (Å²) in [4.78, 5) is 0. The molecule has 2 aromatic rings. The second-order valence-corrected chi connectivity index (χ2v) is 4.24. The molecule has 0 fully saturated rings. The molecule has 1 aromatic heterocycles. The van der Waals surface area contributed by atoms with Crippen LogP contribution in [-0.4, -0.2) is 12.3 Å². The molecule has 88 valence electrons. The van der Waals surface area contributed by atoms with Crippen LogP contribution in [0.5, 0.6) is 5.75 Å². The van der Waals surface area contributed by atoms with Gasteiger partial charge in [-0.3, -0.25) is 0 Å². The lowest BCUT2D eigenvalue weighted by Crippen LogP contribution is -2.02. The van der Waals surface area contributed by atoms with Crippen molar-refractivity contribution in [1.82, 2.24) is 10.5 Å². The van der Waals surface area contributed by atoms with Crippen LogP contribution in [0.15, 0.2) is 22.7 Å². The second kappa shape index (κ2) is 3.89. The highest BCUT2D eigenvalue weighted by atomic mass is 16.5. The van der Waals surface area contributed by atoms with Gasteiger partial charge in [0.1, 0.15) is 11.4 Å². The van der Waals surface area contributed by atoms with Crippen molar-refractivity contribution in [2.75, 3.05) is 7.11 Å². The molecule has 2 heterocycles. The maximum Gasteiger partial charge on any atom is 0.175 e. The van der Waals surface area contributed by atoms with Crippen LogP contribution in [0.4, 0.5) is 0 Å². The molecule has 0 atom stereocenters. The summed E-state index contributed by atoms with van der Waals surface area (Å²) in [5.74, 6) is 1.65. The molecule has 0 saturated heterocycles. The molecule has 17 heavy (non-hydrogen) atoms. The number of hydrogen-bond acceptors (Lipinski definition) is 4. The fourth-order valence-electron chi connectivity index (χ4n) is 2.18. The van der Waals surface area contributed by atoms with Crippen molar-refractivity contribution >= 4 is 0 Å². The third kappa shape index (κ3) is 1.61. The number of rotatable bonds is 2. The highest BCUT2D eigenvalue weighted by Crippen LogP contribution is 2.35. The minimum Gasteiger partial charge on any atom is -0.496 e. The van der Waals surface area contributed by atoms with E-state index in [4.69, 9.17) is 9.26 Å². The lowest BCUT2D eigenvalue weighted by atomic mass is 10.0. The van der Waals surface area contributed by atoms with Crippen molar-refractivity contribution in [2.24, 2.45) is 0 Å². The standard InChI is InChI=1S/C13H14N2O2/c1-8-3-4-12(16-2)9(5-8)13-10-6-14-7-11(10)15-17-13/h3-5,14H,6-7H2,1-2H3. The largest absolute Gasteiger partial charge is 0.496 e. The Morgan fingerprint density at radius 1 is 1.35 bits per heavy atom. The number of nitrogens with one attached hydrogen (secondary N) is 1. The molecule has 0 saturated carbocycles. The quantitative estimate of drug-likeness (QED) is 0.859. The summed E-state index contributed by atoms with van der Waals surface area (Å²) < 4.78 is 10.8. The Morgan fingerprint density at radius 3 is 3.06 bits per heavy atom. The molecular weight excluding hydrogens is 216 g/mol. The number of benzene rings is 1. The molecule has 4 heteroatoms. The maximum absolute atomic E-state index is 5.45. The van der Waals surface area contributed by atoms with E-state index in [1.807, 2.05) is 12.1 Å². The predicted molar refractivity (Wildman–Crippen MR) is 63.8 cm³/mol. The van der Waals surface area contributed by atoms with Crippen molar-refractivity contribution in [2.45, 2.75) is 20.0 Å². The molecule has 0 unspecified atom stereocenters. The number of fused-ring (bicyclic) bond motifs is 1. The van der Waals surface area contributed by atoms with Gasteiger partial charge in [0.2, 0.25) is 0 Å². The average molecular weight is 230 g/mol. The fraction of sp³-hybridized carbons (Fsp3) is 0.308. The summed E-state index contributed by atoms with van der Waals surface area (Å²) in [5, 5.41) is 7.35. The number of ether oxygens (including phenoxy) is 1. The Morgan fingerprint density at radius 2 is 2.24 bits per heavy atom. The first-order valence-electron chi connectivity index (χ1n) is 5.62. The van der Waals surface area contributed by atoms with E-state index in [0.717, 1.165) is 41.4 Å². The van der Waals surface area contributed by atoms with Gasteiger partial charge in [0, 0.05) is 18.7 Å². The van der Waals surface area contributed by atoms with Crippen LogP contribution in [0.2, 0.25) is 0 Å². The summed E-state index contributed by atoms with van der Waals surface area (Å²) >= 11 is 0. The normalized spacial score (nSPS) is 13.8. The molecule has 4 nitrogen and oxygen atoms in total.